The van der Waals surface area contributed by atoms with E-state index in [1.165, 1.54) is 12.8 Å². The Bertz CT molecular complexity index is 561. The third kappa shape index (κ3) is 4.16. The number of halogens is 1. The van der Waals surface area contributed by atoms with Gasteiger partial charge in [0.2, 0.25) is 0 Å². The van der Waals surface area contributed by atoms with Crippen LogP contribution >= 0.6 is 11.6 Å². The maximum Gasteiger partial charge on any atom is 0.255 e. The molecule has 5 nitrogen and oxygen atoms in total. The molecule has 1 aromatic rings. The first-order valence-corrected chi connectivity index (χ1v) is 8.64. The van der Waals surface area contributed by atoms with Crippen LogP contribution < -0.4 is 15.4 Å². The quantitative estimate of drug-likeness (QED) is 0.767. The fraction of sp³-hybridized carbons (Fsp3) is 0.588. The molecule has 1 saturated heterocycles. The smallest absolute Gasteiger partial charge is 0.255 e. The van der Waals surface area contributed by atoms with Crippen molar-refractivity contribution in [2.75, 3.05) is 19.6 Å². The van der Waals surface area contributed by atoms with Gasteiger partial charge in [-0.2, -0.15) is 0 Å². The highest BCUT2D eigenvalue weighted by Gasteiger charge is 2.26. The lowest BCUT2D eigenvalue weighted by atomic mass is 10.1. The number of benzene rings is 1. The van der Waals surface area contributed by atoms with Crippen LogP contribution in [-0.4, -0.2) is 42.9 Å². The van der Waals surface area contributed by atoms with Gasteiger partial charge in [0.25, 0.3) is 5.91 Å². The Kier molecular flexibility index (Phi) is 5.41. The van der Waals surface area contributed by atoms with Crippen LogP contribution in [0.4, 0.5) is 0 Å². The second-order valence-corrected chi connectivity index (χ2v) is 6.80. The Morgan fingerprint density at radius 1 is 1.35 bits per heavy atom. The van der Waals surface area contributed by atoms with Crippen LogP contribution in [0.25, 0.3) is 0 Å². The molecule has 1 aromatic carbocycles. The van der Waals surface area contributed by atoms with Crippen molar-refractivity contribution in [2.45, 2.75) is 37.9 Å². The van der Waals surface area contributed by atoms with E-state index < -0.39 is 6.10 Å². The zero-order valence-electron chi connectivity index (χ0n) is 13.1. The lowest BCUT2D eigenvalue weighted by Gasteiger charge is -2.18. The molecule has 3 N–H and O–H groups in total. The molecule has 0 radical (unpaired) electrons. The van der Waals surface area contributed by atoms with E-state index in [2.05, 4.69) is 10.6 Å². The Morgan fingerprint density at radius 3 is 2.83 bits per heavy atom. The molecule has 1 amide bonds. The minimum absolute atomic E-state index is 0.0392. The molecular weight excluding hydrogens is 316 g/mol. The minimum Gasteiger partial charge on any atom is -0.490 e. The monoisotopic (exact) mass is 338 g/mol. The van der Waals surface area contributed by atoms with Gasteiger partial charge in [0, 0.05) is 30.6 Å². The van der Waals surface area contributed by atoms with Crippen LogP contribution in [0, 0.1) is 5.92 Å². The van der Waals surface area contributed by atoms with E-state index >= 15 is 0 Å². The Morgan fingerprint density at radius 2 is 2.13 bits per heavy atom. The minimum atomic E-state index is -0.413. The number of carbonyl (C=O) groups excluding carboxylic acids is 1. The van der Waals surface area contributed by atoms with Crippen LogP contribution in [0.2, 0.25) is 5.02 Å². The number of β-amino-alcohol motifs (C(OH)–C–C–N with tert-alkyl or cyclic N) is 1. The largest absolute Gasteiger partial charge is 0.490 e. The number of amides is 1. The average molecular weight is 339 g/mol. The van der Waals surface area contributed by atoms with Crippen molar-refractivity contribution in [1.29, 1.82) is 0 Å². The van der Waals surface area contributed by atoms with Gasteiger partial charge < -0.3 is 20.5 Å². The molecule has 23 heavy (non-hydrogen) atoms. The second-order valence-electron chi connectivity index (χ2n) is 6.36. The predicted molar refractivity (Wildman–Crippen MR) is 89.0 cm³/mol. The van der Waals surface area contributed by atoms with Crippen molar-refractivity contribution in [3.05, 3.63) is 28.8 Å². The van der Waals surface area contributed by atoms with Gasteiger partial charge in [-0.05, 0) is 43.9 Å². The molecule has 0 spiro atoms. The Balaban J connectivity index is 1.66. The topological polar surface area (TPSA) is 70.6 Å². The van der Waals surface area contributed by atoms with E-state index in [0.717, 1.165) is 12.8 Å². The summed E-state index contributed by atoms with van der Waals surface area (Å²) in [6, 6.07) is 5.15. The summed E-state index contributed by atoms with van der Waals surface area (Å²) in [5, 5.41) is 16.3. The molecule has 126 valence electrons. The van der Waals surface area contributed by atoms with Gasteiger partial charge in [-0.15, -0.1) is 0 Å². The van der Waals surface area contributed by atoms with Crippen molar-refractivity contribution in [3.8, 4) is 5.75 Å². The number of hydrogen-bond donors (Lipinski definition) is 3. The highest BCUT2D eigenvalue weighted by molar-refractivity contribution is 6.31. The molecule has 2 unspecified atom stereocenters. The number of aliphatic hydroxyl groups excluding tert-OH is 1. The van der Waals surface area contributed by atoms with E-state index in [-0.39, 0.29) is 17.9 Å². The van der Waals surface area contributed by atoms with Crippen LogP contribution in [0.5, 0.6) is 5.75 Å². The summed E-state index contributed by atoms with van der Waals surface area (Å²) < 4.78 is 5.99. The molecule has 0 bridgehead atoms. The number of nitrogens with one attached hydrogen (secondary N) is 2. The van der Waals surface area contributed by atoms with Gasteiger partial charge in [0.15, 0.2) is 0 Å². The highest BCUT2D eigenvalue weighted by atomic mass is 35.5. The average Bonchev–Trinajstić information content (AvgIpc) is 3.18. The number of ether oxygens (including phenoxy) is 1. The first kappa shape index (κ1) is 16.6. The Hall–Kier alpha value is -1.30. The van der Waals surface area contributed by atoms with Crippen LogP contribution in [0.3, 0.4) is 0 Å². The normalized spacial score (nSPS) is 24.8. The summed E-state index contributed by atoms with van der Waals surface area (Å²) >= 11 is 6.04. The first-order valence-electron chi connectivity index (χ1n) is 8.26. The summed E-state index contributed by atoms with van der Waals surface area (Å²) in [5.74, 6) is 0.417. The van der Waals surface area contributed by atoms with Gasteiger partial charge in [-0.1, -0.05) is 11.6 Å². The third-order valence-electron chi connectivity index (χ3n) is 4.61. The van der Waals surface area contributed by atoms with Crippen molar-refractivity contribution >= 4 is 17.5 Å². The van der Waals surface area contributed by atoms with Gasteiger partial charge in [-0.25, -0.2) is 0 Å². The molecule has 1 aliphatic carbocycles. The van der Waals surface area contributed by atoms with Crippen LogP contribution in [0.1, 0.15) is 36.0 Å². The summed E-state index contributed by atoms with van der Waals surface area (Å²) in [6.45, 7) is 1.72. The number of carbonyl (C=O) groups is 1. The summed E-state index contributed by atoms with van der Waals surface area (Å²) in [7, 11) is 0. The van der Waals surface area contributed by atoms with E-state index in [4.69, 9.17) is 16.3 Å². The van der Waals surface area contributed by atoms with Gasteiger partial charge >= 0.3 is 0 Å². The summed E-state index contributed by atoms with van der Waals surface area (Å²) in [5.41, 5.74) is 0.463. The first-order chi connectivity index (χ1) is 11.1. The van der Waals surface area contributed by atoms with Gasteiger partial charge in [0.05, 0.1) is 17.8 Å². The maximum atomic E-state index is 12.5. The van der Waals surface area contributed by atoms with Crippen LogP contribution in [0.15, 0.2) is 18.2 Å². The van der Waals surface area contributed by atoms with Crippen molar-refractivity contribution < 1.29 is 14.6 Å². The Labute approximate surface area is 141 Å². The fourth-order valence-electron chi connectivity index (χ4n) is 3.21. The maximum absolute atomic E-state index is 12.5. The molecule has 1 aliphatic heterocycles. The van der Waals surface area contributed by atoms with Gasteiger partial charge in [-0.3, -0.25) is 4.79 Å². The molecule has 1 heterocycles. The molecule has 2 atom stereocenters. The lowest BCUT2D eigenvalue weighted by Crippen LogP contribution is -2.34. The predicted octanol–water partition coefficient (Wildman–Crippen LogP) is 1.97. The zero-order chi connectivity index (χ0) is 16.2. The molecule has 6 heteroatoms. The molecule has 0 aromatic heterocycles. The zero-order valence-corrected chi connectivity index (χ0v) is 13.8. The lowest BCUT2D eigenvalue weighted by molar-refractivity contribution is 0.0920. The van der Waals surface area contributed by atoms with Gasteiger partial charge in [0.1, 0.15) is 5.75 Å². The van der Waals surface area contributed by atoms with Crippen molar-refractivity contribution in [1.82, 2.24) is 10.6 Å². The van der Waals surface area contributed by atoms with Crippen molar-refractivity contribution in [2.24, 2.45) is 5.92 Å². The third-order valence-corrected chi connectivity index (χ3v) is 4.85. The molecular formula is C17H23ClN2O3. The molecule has 2 aliphatic rings. The molecule has 3 rings (SSSR count). The number of hydrogen-bond acceptors (Lipinski definition) is 4. The van der Waals surface area contributed by atoms with E-state index in [9.17, 15) is 9.90 Å². The molecule has 2 fully saturated rings. The number of aliphatic hydroxyl groups is 1. The number of rotatable bonds is 5. The van der Waals surface area contributed by atoms with Crippen molar-refractivity contribution in [3.63, 3.8) is 0 Å². The standard InChI is InChI=1S/C17H23ClN2O3/c18-12-5-6-16(23-13-3-1-2-4-13)14(7-12)17(22)20-9-11-8-19-10-15(11)21/h5-7,11,13,15,19,21H,1-4,8-10H2,(H,20,22). The summed E-state index contributed by atoms with van der Waals surface area (Å²) in [4.78, 5) is 12.5. The van der Waals surface area contributed by atoms with Crippen LogP contribution in [-0.2, 0) is 0 Å². The molecule has 1 saturated carbocycles. The second kappa shape index (κ2) is 7.51. The SMILES string of the molecule is O=C(NCC1CNCC1O)c1cc(Cl)ccc1OC1CCCC1. The fourth-order valence-corrected chi connectivity index (χ4v) is 3.39. The summed E-state index contributed by atoms with van der Waals surface area (Å²) in [6.07, 6.45) is 4.18. The van der Waals surface area contributed by atoms with E-state index in [1.54, 1.807) is 18.2 Å². The highest BCUT2D eigenvalue weighted by Crippen LogP contribution is 2.28. The van der Waals surface area contributed by atoms with E-state index in [0.29, 0.717) is 36.0 Å². The van der Waals surface area contributed by atoms with E-state index in [1.807, 2.05) is 0 Å².